The van der Waals surface area contributed by atoms with E-state index in [4.69, 9.17) is 10.8 Å². The molecule has 42 heavy (non-hydrogen) atoms. The Kier molecular flexibility index (Phi) is 15.5. The molecule has 0 saturated heterocycles. The van der Waals surface area contributed by atoms with Crippen LogP contribution in [0, 0.1) is 0 Å². The van der Waals surface area contributed by atoms with Gasteiger partial charge in [0.05, 0.1) is 13.2 Å². The third-order valence-corrected chi connectivity index (χ3v) is 6.10. The number of hydrogen-bond acceptors (Lipinski definition) is 10. The summed E-state index contributed by atoms with van der Waals surface area (Å²) in [6.45, 7) is 0.194. The molecule has 0 unspecified atom stereocenters. The summed E-state index contributed by atoms with van der Waals surface area (Å²) in [4.78, 5) is 73.6. The highest BCUT2D eigenvalue weighted by Crippen LogP contribution is 2.12. The molecule has 1 aromatic rings. The van der Waals surface area contributed by atoms with Crippen LogP contribution in [0.1, 0.15) is 44.6 Å². The fourth-order valence-electron chi connectivity index (χ4n) is 3.65. The van der Waals surface area contributed by atoms with Crippen LogP contribution in [0.15, 0.2) is 24.3 Å². The third kappa shape index (κ3) is 12.5. The lowest BCUT2D eigenvalue weighted by molar-refractivity contribution is -0.143. The number of amides is 4. The molecule has 0 bridgehead atoms. The van der Waals surface area contributed by atoms with E-state index in [0.717, 1.165) is 0 Å². The van der Waals surface area contributed by atoms with Gasteiger partial charge in [-0.3, -0.25) is 24.0 Å². The number of aliphatic carboxylic acids is 2. The van der Waals surface area contributed by atoms with Crippen molar-refractivity contribution in [2.24, 2.45) is 5.73 Å². The summed E-state index contributed by atoms with van der Waals surface area (Å²) < 4.78 is 0. The van der Waals surface area contributed by atoms with Crippen LogP contribution in [-0.4, -0.2) is 105 Å². The summed E-state index contributed by atoms with van der Waals surface area (Å²) in [5.74, 6) is -6.42. The highest BCUT2D eigenvalue weighted by molar-refractivity contribution is 5.95. The minimum absolute atomic E-state index is 0.0404. The number of aromatic hydroxyl groups is 1. The first-order valence-corrected chi connectivity index (χ1v) is 13.2. The molecule has 0 aliphatic heterocycles. The molecule has 0 aromatic heterocycles. The summed E-state index contributed by atoms with van der Waals surface area (Å²) >= 11 is 0. The van der Waals surface area contributed by atoms with E-state index in [-0.39, 0.29) is 18.6 Å². The number of benzene rings is 1. The van der Waals surface area contributed by atoms with Gasteiger partial charge in [0, 0.05) is 12.8 Å². The molecule has 0 heterocycles. The van der Waals surface area contributed by atoms with Crippen molar-refractivity contribution in [3.63, 3.8) is 0 Å². The van der Waals surface area contributed by atoms with Crippen LogP contribution in [0.4, 0.5) is 0 Å². The Morgan fingerprint density at radius 1 is 0.738 bits per heavy atom. The molecule has 0 saturated carbocycles. The largest absolute Gasteiger partial charge is 0.508 e. The first-order chi connectivity index (χ1) is 19.8. The van der Waals surface area contributed by atoms with E-state index in [9.17, 15) is 49.2 Å². The van der Waals surface area contributed by atoms with Gasteiger partial charge in [-0.05, 0) is 30.5 Å². The summed E-state index contributed by atoms with van der Waals surface area (Å²) in [6.07, 6.45) is 0.0818. The van der Waals surface area contributed by atoms with Gasteiger partial charge in [0.2, 0.25) is 23.6 Å². The Balaban J connectivity index is 3.06. The Labute approximate surface area is 241 Å². The standard InChI is InChI=1S/C26H39N5O11/c1-2-3-4-17(23(38)29-18(26(41)42)9-10-21(35)36)28-25(40)20(13-33)31-24(39)19(30-22(37)16(27)12-32)11-14-5-7-15(34)8-6-14/h5-8,16-20,32-34H,2-4,9-13,27H2,1H3,(H,28,40)(H,29,38)(H,30,37)(H,31,39)(H,35,36)(H,41,42)/t16-,17-,18-,19-,20-/m0/s1. The highest BCUT2D eigenvalue weighted by atomic mass is 16.4. The zero-order chi connectivity index (χ0) is 31.8. The van der Waals surface area contributed by atoms with Crippen LogP contribution >= 0.6 is 0 Å². The molecule has 0 spiro atoms. The number of carbonyl (C=O) groups excluding carboxylic acids is 4. The fourth-order valence-corrected chi connectivity index (χ4v) is 3.65. The van der Waals surface area contributed by atoms with Crippen molar-refractivity contribution in [3.8, 4) is 5.75 Å². The van der Waals surface area contributed by atoms with Gasteiger partial charge in [0.25, 0.3) is 0 Å². The van der Waals surface area contributed by atoms with Crippen LogP contribution < -0.4 is 27.0 Å². The van der Waals surface area contributed by atoms with Crippen molar-refractivity contribution in [3.05, 3.63) is 29.8 Å². The van der Waals surface area contributed by atoms with Crippen LogP contribution in [0.2, 0.25) is 0 Å². The average Bonchev–Trinajstić information content (AvgIpc) is 2.95. The number of hydrogen-bond donors (Lipinski definition) is 10. The topological polar surface area (TPSA) is 278 Å². The lowest BCUT2D eigenvalue weighted by Crippen LogP contribution is -2.59. The van der Waals surface area contributed by atoms with Crippen molar-refractivity contribution in [2.75, 3.05) is 13.2 Å². The Morgan fingerprint density at radius 3 is 1.79 bits per heavy atom. The monoisotopic (exact) mass is 597 g/mol. The van der Waals surface area contributed by atoms with Crippen molar-refractivity contribution in [1.29, 1.82) is 0 Å². The maximum Gasteiger partial charge on any atom is 0.326 e. The van der Waals surface area contributed by atoms with Crippen molar-refractivity contribution in [1.82, 2.24) is 21.3 Å². The number of carboxylic acids is 2. The number of phenols is 1. The minimum Gasteiger partial charge on any atom is -0.508 e. The predicted molar refractivity (Wildman–Crippen MR) is 146 cm³/mol. The molecule has 0 fully saturated rings. The number of aliphatic hydroxyl groups excluding tert-OH is 2. The number of carbonyl (C=O) groups is 6. The number of unbranched alkanes of at least 4 members (excludes halogenated alkanes) is 1. The van der Waals surface area contributed by atoms with E-state index in [0.29, 0.717) is 18.4 Å². The maximum absolute atomic E-state index is 13.1. The summed E-state index contributed by atoms with van der Waals surface area (Å²) in [6, 6.07) is -1.39. The molecule has 234 valence electrons. The highest BCUT2D eigenvalue weighted by Gasteiger charge is 2.31. The van der Waals surface area contributed by atoms with E-state index in [1.807, 2.05) is 6.92 Å². The Morgan fingerprint density at radius 2 is 1.26 bits per heavy atom. The maximum atomic E-state index is 13.1. The van der Waals surface area contributed by atoms with E-state index in [1.165, 1.54) is 24.3 Å². The second-order valence-corrected chi connectivity index (χ2v) is 9.50. The van der Waals surface area contributed by atoms with Crippen LogP contribution in [0.5, 0.6) is 5.75 Å². The minimum atomic E-state index is -1.59. The lowest BCUT2D eigenvalue weighted by Gasteiger charge is -2.25. The van der Waals surface area contributed by atoms with E-state index < -0.39 is 91.8 Å². The molecular weight excluding hydrogens is 558 g/mol. The van der Waals surface area contributed by atoms with E-state index in [1.54, 1.807) is 0 Å². The smallest absolute Gasteiger partial charge is 0.326 e. The molecule has 16 nitrogen and oxygen atoms in total. The first-order valence-electron chi connectivity index (χ1n) is 13.2. The number of carboxylic acid groups (broad SMARTS) is 2. The molecule has 5 atom stereocenters. The van der Waals surface area contributed by atoms with Gasteiger partial charge < -0.3 is 52.5 Å². The molecule has 11 N–H and O–H groups in total. The number of rotatable bonds is 19. The zero-order valence-corrected chi connectivity index (χ0v) is 23.1. The molecular formula is C26H39N5O11. The number of aliphatic hydroxyl groups is 2. The van der Waals surface area contributed by atoms with Gasteiger partial charge in [-0.25, -0.2) is 4.79 Å². The lowest BCUT2D eigenvalue weighted by atomic mass is 10.0. The predicted octanol–water partition coefficient (Wildman–Crippen LogP) is -2.67. The van der Waals surface area contributed by atoms with Crippen molar-refractivity contribution >= 4 is 35.6 Å². The quantitative estimate of drug-likeness (QED) is 0.0781. The number of nitrogens with one attached hydrogen (secondary N) is 4. The van der Waals surface area contributed by atoms with Crippen LogP contribution in [0.25, 0.3) is 0 Å². The summed E-state index contributed by atoms with van der Waals surface area (Å²) in [5.41, 5.74) is 6.03. The second-order valence-electron chi connectivity index (χ2n) is 9.50. The third-order valence-electron chi connectivity index (χ3n) is 6.10. The number of phenolic OH excluding ortho intramolecular Hbond substituents is 1. The summed E-state index contributed by atoms with van der Waals surface area (Å²) in [7, 11) is 0. The fraction of sp³-hybridized carbons (Fsp3) is 0.538. The number of nitrogens with two attached hydrogens (primary N) is 1. The molecule has 1 aromatic carbocycles. The van der Waals surface area contributed by atoms with Crippen LogP contribution in [-0.2, 0) is 35.2 Å². The Bertz CT molecular complexity index is 1080. The molecule has 16 heteroatoms. The Hall–Kier alpha value is -4.28. The van der Waals surface area contributed by atoms with Crippen LogP contribution in [0.3, 0.4) is 0 Å². The second kappa shape index (κ2) is 18.2. The molecule has 0 aliphatic rings. The van der Waals surface area contributed by atoms with E-state index >= 15 is 0 Å². The van der Waals surface area contributed by atoms with Gasteiger partial charge in [-0.2, -0.15) is 0 Å². The molecule has 0 radical (unpaired) electrons. The van der Waals surface area contributed by atoms with Gasteiger partial charge in [-0.15, -0.1) is 0 Å². The zero-order valence-electron chi connectivity index (χ0n) is 23.1. The normalized spacial score (nSPS) is 14.4. The molecule has 0 aliphatic carbocycles. The summed E-state index contributed by atoms with van der Waals surface area (Å²) in [5, 5.41) is 55.9. The van der Waals surface area contributed by atoms with Gasteiger partial charge >= 0.3 is 11.9 Å². The average molecular weight is 598 g/mol. The molecule has 1 rings (SSSR count). The van der Waals surface area contributed by atoms with E-state index in [2.05, 4.69) is 21.3 Å². The van der Waals surface area contributed by atoms with Crippen molar-refractivity contribution in [2.45, 2.75) is 75.7 Å². The first kappa shape index (κ1) is 35.7. The SMILES string of the molecule is CCCC[C@H](NC(=O)[C@H](CO)NC(=O)[C@H](Cc1ccc(O)cc1)NC(=O)[C@@H](N)CO)C(=O)N[C@@H](CCC(=O)O)C(=O)O. The van der Waals surface area contributed by atoms with Gasteiger partial charge in [0.1, 0.15) is 36.0 Å². The van der Waals surface area contributed by atoms with Gasteiger partial charge in [-0.1, -0.05) is 31.9 Å². The van der Waals surface area contributed by atoms with Crippen molar-refractivity contribution < 1.29 is 54.3 Å². The molecule has 4 amide bonds. The van der Waals surface area contributed by atoms with Gasteiger partial charge in [0.15, 0.2) is 0 Å².